The monoisotopic (exact) mass is 463 g/mol. The fourth-order valence-corrected chi connectivity index (χ4v) is 4.06. The van der Waals surface area contributed by atoms with Gasteiger partial charge in [0.05, 0.1) is 5.75 Å². The summed E-state index contributed by atoms with van der Waals surface area (Å²) in [6, 6.07) is 22.8. The van der Waals surface area contributed by atoms with Gasteiger partial charge in [-0.15, -0.1) is 10.2 Å². The molecular formula is C25H22ClN3O2S. The van der Waals surface area contributed by atoms with Crippen LogP contribution in [0.2, 0.25) is 5.02 Å². The van der Waals surface area contributed by atoms with E-state index in [1.165, 1.54) is 17.3 Å². The molecule has 1 heterocycles. The Morgan fingerprint density at radius 2 is 1.53 bits per heavy atom. The third kappa shape index (κ3) is 5.39. The van der Waals surface area contributed by atoms with Crippen molar-refractivity contribution < 1.29 is 9.53 Å². The summed E-state index contributed by atoms with van der Waals surface area (Å²) >= 11 is 7.42. The summed E-state index contributed by atoms with van der Waals surface area (Å²) in [5.41, 5.74) is 3.82. The van der Waals surface area contributed by atoms with Crippen molar-refractivity contribution in [2.75, 3.05) is 5.75 Å². The second-order valence-corrected chi connectivity index (χ2v) is 8.77. The molecule has 3 aromatic carbocycles. The predicted octanol–water partition coefficient (Wildman–Crippen LogP) is 6.09. The quantitative estimate of drug-likeness (QED) is 0.234. The van der Waals surface area contributed by atoms with Crippen molar-refractivity contribution in [3.8, 4) is 11.4 Å². The standard InChI is InChI=1S/C25H22ClN3O2S/c1-17-3-7-19(8-4-17)23(30)16-32-25-28-27-24(15-31-22-13-5-18(2)6-14-22)29(25)21-11-9-20(26)10-12-21/h3-14H,15-16H2,1-2H3. The molecule has 4 aromatic rings. The number of aromatic nitrogens is 3. The molecule has 5 nitrogen and oxygen atoms in total. The summed E-state index contributed by atoms with van der Waals surface area (Å²) in [5.74, 6) is 1.69. The lowest BCUT2D eigenvalue weighted by atomic mass is 10.1. The zero-order chi connectivity index (χ0) is 22.5. The van der Waals surface area contributed by atoms with Crippen LogP contribution in [0.3, 0.4) is 0 Å². The highest BCUT2D eigenvalue weighted by Crippen LogP contribution is 2.25. The Balaban J connectivity index is 1.55. The van der Waals surface area contributed by atoms with Gasteiger partial charge < -0.3 is 4.74 Å². The van der Waals surface area contributed by atoms with Crippen LogP contribution in [0.15, 0.2) is 78.0 Å². The maximum Gasteiger partial charge on any atom is 0.196 e. The van der Waals surface area contributed by atoms with E-state index >= 15 is 0 Å². The zero-order valence-corrected chi connectivity index (χ0v) is 19.4. The molecule has 1 aromatic heterocycles. The van der Waals surface area contributed by atoms with Crippen molar-refractivity contribution >= 4 is 29.1 Å². The molecule has 0 N–H and O–H groups in total. The Hall–Kier alpha value is -3.09. The second kappa shape index (κ2) is 10.0. The van der Waals surface area contributed by atoms with Gasteiger partial charge in [-0.2, -0.15) is 0 Å². The van der Waals surface area contributed by atoms with Crippen LogP contribution >= 0.6 is 23.4 Å². The summed E-state index contributed by atoms with van der Waals surface area (Å²) in [6.07, 6.45) is 0. The van der Waals surface area contributed by atoms with E-state index in [-0.39, 0.29) is 18.1 Å². The molecule has 0 saturated carbocycles. The molecule has 0 bridgehead atoms. The predicted molar refractivity (Wildman–Crippen MR) is 128 cm³/mol. The number of hydrogen-bond donors (Lipinski definition) is 0. The van der Waals surface area contributed by atoms with Gasteiger partial charge in [0, 0.05) is 16.3 Å². The number of hydrogen-bond acceptors (Lipinski definition) is 5. The Labute approximate surface area is 196 Å². The number of ether oxygens (including phenoxy) is 1. The van der Waals surface area contributed by atoms with Crippen molar-refractivity contribution in [3.63, 3.8) is 0 Å². The van der Waals surface area contributed by atoms with Crippen LogP contribution in [-0.2, 0) is 6.61 Å². The first-order chi connectivity index (χ1) is 15.5. The molecular weight excluding hydrogens is 442 g/mol. The van der Waals surface area contributed by atoms with E-state index < -0.39 is 0 Å². The summed E-state index contributed by atoms with van der Waals surface area (Å²) < 4.78 is 7.83. The fourth-order valence-electron chi connectivity index (χ4n) is 3.07. The van der Waals surface area contributed by atoms with Crippen molar-refractivity contribution in [2.24, 2.45) is 0 Å². The third-order valence-electron chi connectivity index (χ3n) is 4.88. The van der Waals surface area contributed by atoms with E-state index in [0.29, 0.717) is 21.6 Å². The van der Waals surface area contributed by atoms with E-state index in [1.54, 1.807) is 0 Å². The molecule has 0 amide bonds. The number of benzene rings is 3. The van der Waals surface area contributed by atoms with Gasteiger partial charge in [-0.1, -0.05) is 70.9 Å². The maximum absolute atomic E-state index is 12.6. The lowest BCUT2D eigenvalue weighted by Gasteiger charge is -2.11. The van der Waals surface area contributed by atoms with Gasteiger partial charge in [0.15, 0.2) is 16.8 Å². The average molecular weight is 464 g/mol. The number of nitrogens with zero attached hydrogens (tertiary/aromatic N) is 3. The van der Waals surface area contributed by atoms with Crippen molar-refractivity contribution in [1.29, 1.82) is 0 Å². The van der Waals surface area contributed by atoms with E-state index in [9.17, 15) is 4.79 Å². The Morgan fingerprint density at radius 1 is 0.906 bits per heavy atom. The average Bonchev–Trinajstić information content (AvgIpc) is 3.21. The topological polar surface area (TPSA) is 57.0 Å². The van der Waals surface area contributed by atoms with Gasteiger partial charge in [-0.3, -0.25) is 9.36 Å². The van der Waals surface area contributed by atoms with Crippen LogP contribution in [0.4, 0.5) is 0 Å². The number of halogens is 1. The van der Waals surface area contributed by atoms with Crippen LogP contribution in [0, 0.1) is 13.8 Å². The second-order valence-electron chi connectivity index (χ2n) is 7.39. The maximum atomic E-state index is 12.6. The normalized spacial score (nSPS) is 10.8. The first kappa shape index (κ1) is 22.1. The van der Waals surface area contributed by atoms with E-state index in [2.05, 4.69) is 10.2 Å². The molecule has 0 aliphatic rings. The minimum absolute atomic E-state index is 0.0399. The number of rotatable bonds is 8. The van der Waals surface area contributed by atoms with Gasteiger partial charge in [0.2, 0.25) is 0 Å². The summed E-state index contributed by atoms with van der Waals surface area (Å²) in [5, 5.41) is 9.93. The van der Waals surface area contributed by atoms with Crippen LogP contribution < -0.4 is 4.74 Å². The largest absolute Gasteiger partial charge is 0.486 e. The Morgan fingerprint density at radius 3 is 2.19 bits per heavy atom. The number of aryl methyl sites for hydroxylation is 2. The van der Waals surface area contributed by atoms with Gasteiger partial charge in [0.25, 0.3) is 0 Å². The van der Waals surface area contributed by atoms with Gasteiger partial charge in [-0.05, 0) is 50.2 Å². The minimum Gasteiger partial charge on any atom is -0.486 e. The molecule has 0 aliphatic carbocycles. The van der Waals surface area contributed by atoms with Crippen LogP contribution in [0.25, 0.3) is 5.69 Å². The molecule has 4 rings (SSSR count). The first-order valence-electron chi connectivity index (χ1n) is 10.1. The SMILES string of the molecule is Cc1ccc(OCc2nnc(SCC(=O)c3ccc(C)cc3)n2-c2ccc(Cl)cc2)cc1. The number of carbonyl (C=O) groups excluding carboxylic acids is 1. The van der Waals surface area contributed by atoms with E-state index in [0.717, 1.165) is 17.0 Å². The van der Waals surface area contributed by atoms with Crippen molar-refractivity contribution in [3.05, 3.63) is 100 Å². The smallest absolute Gasteiger partial charge is 0.196 e. The summed E-state index contributed by atoms with van der Waals surface area (Å²) in [7, 11) is 0. The van der Waals surface area contributed by atoms with E-state index in [1.807, 2.05) is 91.2 Å². The number of thioether (sulfide) groups is 1. The zero-order valence-electron chi connectivity index (χ0n) is 17.8. The molecule has 0 fully saturated rings. The van der Waals surface area contributed by atoms with E-state index in [4.69, 9.17) is 16.3 Å². The number of Topliss-reactive ketones (excluding diaryl/α,β-unsaturated/α-hetero) is 1. The van der Waals surface area contributed by atoms with Crippen molar-refractivity contribution in [2.45, 2.75) is 25.6 Å². The molecule has 32 heavy (non-hydrogen) atoms. The van der Waals surface area contributed by atoms with Crippen LogP contribution in [-0.4, -0.2) is 26.3 Å². The van der Waals surface area contributed by atoms with Crippen molar-refractivity contribution in [1.82, 2.24) is 14.8 Å². The molecule has 0 atom stereocenters. The molecule has 0 saturated heterocycles. The Bertz CT molecular complexity index is 1200. The molecule has 162 valence electrons. The first-order valence-corrected chi connectivity index (χ1v) is 11.5. The lowest BCUT2D eigenvalue weighted by Crippen LogP contribution is -2.08. The van der Waals surface area contributed by atoms with Gasteiger partial charge in [0.1, 0.15) is 12.4 Å². The number of carbonyl (C=O) groups is 1. The summed E-state index contributed by atoms with van der Waals surface area (Å²) in [6.45, 7) is 4.27. The molecule has 0 aliphatic heterocycles. The number of ketones is 1. The minimum atomic E-state index is 0.0399. The fraction of sp³-hybridized carbons (Fsp3) is 0.160. The van der Waals surface area contributed by atoms with Crippen LogP contribution in [0.1, 0.15) is 27.3 Å². The van der Waals surface area contributed by atoms with Gasteiger partial charge in [-0.25, -0.2) is 0 Å². The lowest BCUT2D eigenvalue weighted by molar-refractivity contribution is 0.102. The molecule has 7 heteroatoms. The Kier molecular flexibility index (Phi) is 6.93. The molecule has 0 spiro atoms. The summed E-state index contributed by atoms with van der Waals surface area (Å²) in [4.78, 5) is 12.6. The van der Waals surface area contributed by atoms with Crippen LogP contribution in [0.5, 0.6) is 5.75 Å². The molecule has 0 unspecified atom stereocenters. The highest BCUT2D eigenvalue weighted by Gasteiger charge is 2.17. The molecule has 0 radical (unpaired) electrons. The highest BCUT2D eigenvalue weighted by atomic mass is 35.5. The highest BCUT2D eigenvalue weighted by molar-refractivity contribution is 7.99. The third-order valence-corrected chi connectivity index (χ3v) is 6.06. The van der Waals surface area contributed by atoms with Gasteiger partial charge >= 0.3 is 0 Å².